The zero-order valence-electron chi connectivity index (χ0n) is 14.3. The van der Waals surface area contributed by atoms with E-state index < -0.39 is 12.0 Å². The molecule has 0 bridgehead atoms. The average Bonchev–Trinajstić information content (AvgIpc) is 2.78. The van der Waals surface area contributed by atoms with Gasteiger partial charge in [0, 0.05) is 18.7 Å². The van der Waals surface area contributed by atoms with E-state index in [1.807, 2.05) is 0 Å². The third-order valence-corrected chi connectivity index (χ3v) is 5.28. The van der Waals surface area contributed by atoms with E-state index in [2.05, 4.69) is 5.32 Å². The first-order valence-corrected chi connectivity index (χ1v) is 9.31. The van der Waals surface area contributed by atoms with Crippen LogP contribution in [-0.2, 0) is 14.4 Å². The van der Waals surface area contributed by atoms with Gasteiger partial charge in [-0.25, -0.2) is 0 Å². The van der Waals surface area contributed by atoms with E-state index in [-0.39, 0.29) is 23.5 Å². The van der Waals surface area contributed by atoms with Crippen LogP contribution in [-0.4, -0.2) is 64.1 Å². The number of nitrogens with one attached hydrogen (secondary N) is 2. The molecule has 1 unspecified atom stereocenters. The summed E-state index contributed by atoms with van der Waals surface area (Å²) < 4.78 is 0. The van der Waals surface area contributed by atoms with E-state index in [1.54, 1.807) is 14.0 Å². The van der Waals surface area contributed by atoms with Crippen LogP contribution in [0.15, 0.2) is 0 Å². The van der Waals surface area contributed by atoms with Crippen LogP contribution in [0.3, 0.4) is 0 Å². The Morgan fingerprint density at radius 2 is 2.12 bits per heavy atom. The lowest BCUT2D eigenvalue weighted by atomic mass is 10.1. The molecule has 0 aromatic rings. The van der Waals surface area contributed by atoms with Crippen LogP contribution in [0.1, 0.15) is 45.4 Å². The Kier molecular flexibility index (Phi) is 8.99. The maximum Gasteiger partial charge on any atom is 0.320 e. The van der Waals surface area contributed by atoms with Crippen LogP contribution in [0, 0.1) is 5.41 Å². The van der Waals surface area contributed by atoms with Crippen molar-refractivity contribution in [2.45, 2.75) is 56.7 Å². The summed E-state index contributed by atoms with van der Waals surface area (Å²) in [6.07, 6.45) is 3.56. The van der Waals surface area contributed by atoms with Crippen molar-refractivity contribution >= 4 is 35.3 Å². The van der Waals surface area contributed by atoms with Gasteiger partial charge in [0.05, 0.1) is 5.25 Å². The van der Waals surface area contributed by atoms with Crippen molar-refractivity contribution in [2.24, 2.45) is 0 Å². The molecule has 1 rings (SSSR count). The van der Waals surface area contributed by atoms with Gasteiger partial charge in [-0.1, -0.05) is 0 Å². The fraction of sp³-hybridized carbons (Fsp3) is 0.750. The Labute approximate surface area is 147 Å². The van der Waals surface area contributed by atoms with Crippen LogP contribution < -0.4 is 5.32 Å². The van der Waals surface area contributed by atoms with Crippen molar-refractivity contribution in [3.05, 3.63) is 0 Å². The summed E-state index contributed by atoms with van der Waals surface area (Å²) in [5, 5.41) is 18.7. The zero-order chi connectivity index (χ0) is 18.1. The smallest absolute Gasteiger partial charge is 0.320 e. The summed E-state index contributed by atoms with van der Waals surface area (Å²) in [5.41, 5.74) is 0.632. The van der Waals surface area contributed by atoms with Crippen molar-refractivity contribution < 1.29 is 19.5 Å². The molecule has 7 nitrogen and oxygen atoms in total. The standard InChI is InChI=1S/C16H27N3O4S/c1-11(17)6-5-9-24-13-10-14(20)19(15(13)21)8-4-3-7-12(18-2)16(22)23/h12-13,17-18H,3-10H2,1-2H3,(H,22,23)/t12-,13?/m0/s1. The van der Waals surface area contributed by atoms with E-state index in [0.717, 1.165) is 18.6 Å². The fourth-order valence-corrected chi connectivity index (χ4v) is 3.72. The zero-order valence-corrected chi connectivity index (χ0v) is 15.2. The summed E-state index contributed by atoms with van der Waals surface area (Å²) in [5.74, 6) is -0.373. The van der Waals surface area contributed by atoms with Crippen LogP contribution >= 0.6 is 11.8 Å². The van der Waals surface area contributed by atoms with E-state index >= 15 is 0 Å². The maximum absolute atomic E-state index is 12.3. The van der Waals surface area contributed by atoms with Gasteiger partial charge < -0.3 is 15.8 Å². The average molecular weight is 357 g/mol. The SMILES string of the molecule is CN[C@@H](CCCCN1C(=O)CC(SCCCC(C)=N)C1=O)C(=O)O. The number of likely N-dealkylation sites (N-methyl/N-ethyl adjacent to an activating group) is 1. The molecule has 1 saturated heterocycles. The van der Waals surface area contributed by atoms with Crippen molar-refractivity contribution in [2.75, 3.05) is 19.3 Å². The number of carbonyl (C=O) groups excluding carboxylic acids is 2. The van der Waals surface area contributed by atoms with Crippen LogP contribution in [0.2, 0.25) is 0 Å². The minimum atomic E-state index is -0.887. The van der Waals surface area contributed by atoms with Crippen LogP contribution in [0.5, 0.6) is 0 Å². The highest BCUT2D eigenvalue weighted by atomic mass is 32.2. The summed E-state index contributed by atoms with van der Waals surface area (Å²) >= 11 is 1.50. The molecule has 2 atom stereocenters. The van der Waals surface area contributed by atoms with Gasteiger partial charge in [-0.05, 0) is 51.8 Å². The van der Waals surface area contributed by atoms with E-state index in [4.69, 9.17) is 10.5 Å². The van der Waals surface area contributed by atoms with Gasteiger partial charge in [0.15, 0.2) is 0 Å². The largest absolute Gasteiger partial charge is 0.480 e. The van der Waals surface area contributed by atoms with Gasteiger partial charge >= 0.3 is 5.97 Å². The van der Waals surface area contributed by atoms with Crippen LogP contribution in [0.25, 0.3) is 0 Å². The molecule has 0 spiro atoms. The Balaban J connectivity index is 2.31. The summed E-state index contributed by atoms with van der Waals surface area (Å²) in [6, 6.07) is -0.587. The number of carboxylic acid groups (broad SMARTS) is 1. The van der Waals surface area contributed by atoms with Crippen molar-refractivity contribution in [1.82, 2.24) is 10.2 Å². The number of likely N-dealkylation sites (tertiary alicyclic amines) is 1. The van der Waals surface area contributed by atoms with Crippen molar-refractivity contribution in [3.63, 3.8) is 0 Å². The molecule has 1 aliphatic heterocycles. The number of imide groups is 1. The monoisotopic (exact) mass is 357 g/mol. The summed E-state index contributed by atoms with van der Waals surface area (Å²) in [7, 11) is 1.61. The minimum absolute atomic E-state index is 0.125. The van der Waals surface area contributed by atoms with Gasteiger partial charge in [-0.15, -0.1) is 11.8 Å². The molecule has 0 aromatic heterocycles. The topological polar surface area (TPSA) is 111 Å². The first kappa shape index (κ1) is 20.6. The third kappa shape index (κ3) is 6.60. The lowest BCUT2D eigenvalue weighted by Gasteiger charge is -2.16. The Morgan fingerprint density at radius 1 is 1.42 bits per heavy atom. The molecule has 0 aliphatic carbocycles. The number of thioether (sulfide) groups is 1. The van der Waals surface area contributed by atoms with Crippen LogP contribution in [0.4, 0.5) is 0 Å². The lowest BCUT2D eigenvalue weighted by Crippen LogP contribution is -2.34. The molecule has 0 aromatic carbocycles. The van der Waals surface area contributed by atoms with Crippen molar-refractivity contribution in [3.8, 4) is 0 Å². The second kappa shape index (κ2) is 10.5. The number of hydrogen-bond acceptors (Lipinski definition) is 6. The number of aliphatic carboxylic acids is 1. The number of hydrogen-bond donors (Lipinski definition) is 3. The van der Waals surface area contributed by atoms with E-state index in [0.29, 0.717) is 31.5 Å². The fourth-order valence-electron chi connectivity index (χ4n) is 2.59. The normalized spacial score (nSPS) is 18.9. The lowest BCUT2D eigenvalue weighted by molar-refractivity contribution is -0.140. The Bertz CT molecular complexity index is 484. The summed E-state index contributed by atoms with van der Waals surface area (Å²) in [4.78, 5) is 36.5. The first-order valence-electron chi connectivity index (χ1n) is 8.26. The van der Waals surface area contributed by atoms with Gasteiger partial charge in [-0.2, -0.15) is 0 Å². The Morgan fingerprint density at radius 3 is 2.71 bits per heavy atom. The molecule has 0 saturated carbocycles. The Hall–Kier alpha value is -1.41. The highest BCUT2D eigenvalue weighted by Gasteiger charge is 2.38. The summed E-state index contributed by atoms with van der Waals surface area (Å²) in [6.45, 7) is 2.13. The molecule has 1 heterocycles. The molecule has 1 aliphatic rings. The van der Waals surface area contributed by atoms with Crippen molar-refractivity contribution in [1.29, 1.82) is 5.41 Å². The molecule has 24 heavy (non-hydrogen) atoms. The second-order valence-electron chi connectivity index (χ2n) is 6.01. The second-order valence-corrected chi connectivity index (χ2v) is 7.32. The molecular weight excluding hydrogens is 330 g/mol. The van der Waals surface area contributed by atoms with Gasteiger partial charge in [-0.3, -0.25) is 19.3 Å². The first-order chi connectivity index (χ1) is 11.4. The molecule has 136 valence electrons. The highest BCUT2D eigenvalue weighted by Crippen LogP contribution is 2.26. The number of unbranched alkanes of at least 4 members (excludes halogenated alkanes) is 1. The third-order valence-electron chi connectivity index (χ3n) is 3.99. The number of rotatable bonds is 12. The maximum atomic E-state index is 12.3. The van der Waals surface area contributed by atoms with E-state index in [9.17, 15) is 14.4 Å². The molecule has 3 N–H and O–H groups in total. The molecule has 8 heteroatoms. The number of nitrogens with zero attached hydrogens (tertiary/aromatic N) is 1. The van der Waals surface area contributed by atoms with E-state index in [1.165, 1.54) is 16.7 Å². The predicted octanol–water partition coefficient (Wildman–Crippen LogP) is 1.51. The quantitative estimate of drug-likeness (QED) is 0.277. The number of carbonyl (C=O) groups is 3. The molecule has 0 radical (unpaired) electrons. The highest BCUT2D eigenvalue weighted by molar-refractivity contribution is 8.00. The predicted molar refractivity (Wildman–Crippen MR) is 94.6 cm³/mol. The minimum Gasteiger partial charge on any atom is -0.480 e. The number of amides is 2. The van der Waals surface area contributed by atoms with Gasteiger partial charge in [0.1, 0.15) is 6.04 Å². The number of carboxylic acids is 1. The molecule has 1 fully saturated rings. The van der Waals surface area contributed by atoms with Gasteiger partial charge in [0.2, 0.25) is 11.8 Å². The molecule has 2 amide bonds. The molecular formula is C16H27N3O4S. The van der Waals surface area contributed by atoms with Gasteiger partial charge in [0.25, 0.3) is 0 Å².